The Morgan fingerprint density at radius 1 is 1.29 bits per heavy atom. The highest BCUT2D eigenvalue weighted by molar-refractivity contribution is 9.10. The first kappa shape index (κ1) is 14.3. The average Bonchev–Trinajstić information content (AvgIpc) is 2.35. The summed E-state index contributed by atoms with van der Waals surface area (Å²) in [6.45, 7) is 0.143. The van der Waals surface area contributed by atoms with Crippen LogP contribution in [0.5, 0.6) is 11.5 Å². The molecule has 5 heteroatoms. The van der Waals surface area contributed by atoms with Crippen LogP contribution in [0.4, 0.5) is 0 Å². The molecule has 3 N–H and O–H groups in total. The van der Waals surface area contributed by atoms with Crippen molar-refractivity contribution in [1.29, 1.82) is 0 Å². The second kappa shape index (κ2) is 6.83. The van der Waals surface area contributed by atoms with E-state index in [0.717, 1.165) is 21.5 Å². The van der Waals surface area contributed by atoms with Crippen LogP contribution >= 0.6 is 15.9 Å². The summed E-state index contributed by atoms with van der Waals surface area (Å²) < 4.78 is 11.4. The zero-order chi connectivity index (χ0) is 12.8. The Hall–Kier alpha value is -0.780. The largest absolute Gasteiger partial charge is 0.496 e. The molecule has 1 aromatic carbocycles. The first-order valence-corrected chi connectivity index (χ1v) is 6.21. The topological polar surface area (TPSA) is 64.7 Å². The van der Waals surface area contributed by atoms with Gasteiger partial charge in [0, 0.05) is 18.2 Å². The maximum atomic E-state index is 8.81. The third-order valence-corrected chi connectivity index (χ3v) is 3.20. The van der Waals surface area contributed by atoms with Crippen LogP contribution in [0, 0.1) is 0 Å². The summed E-state index contributed by atoms with van der Waals surface area (Å²) in [7, 11) is 3.21. The number of methoxy groups -OCH3 is 2. The van der Waals surface area contributed by atoms with Gasteiger partial charge in [-0.1, -0.05) is 0 Å². The lowest BCUT2D eigenvalue weighted by Crippen LogP contribution is -2.12. The molecular formula is C12H18BrNO3. The number of hydrogen-bond acceptors (Lipinski definition) is 4. The van der Waals surface area contributed by atoms with Gasteiger partial charge in [-0.25, -0.2) is 0 Å². The molecule has 0 aliphatic heterocycles. The van der Waals surface area contributed by atoms with Crippen LogP contribution in [0.3, 0.4) is 0 Å². The maximum absolute atomic E-state index is 8.81. The third kappa shape index (κ3) is 3.59. The van der Waals surface area contributed by atoms with Crippen LogP contribution in [0.2, 0.25) is 0 Å². The number of hydrogen-bond donors (Lipinski definition) is 2. The van der Waals surface area contributed by atoms with Crippen molar-refractivity contribution in [3.63, 3.8) is 0 Å². The highest BCUT2D eigenvalue weighted by atomic mass is 79.9. The lowest BCUT2D eigenvalue weighted by atomic mass is 10.0. The van der Waals surface area contributed by atoms with Gasteiger partial charge in [-0.05, 0) is 40.9 Å². The van der Waals surface area contributed by atoms with Gasteiger partial charge in [0.1, 0.15) is 11.5 Å². The Kier molecular flexibility index (Phi) is 5.74. The molecule has 0 fully saturated rings. The lowest BCUT2D eigenvalue weighted by molar-refractivity contribution is 0.279. The van der Waals surface area contributed by atoms with Gasteiger partial charge in [0.25, 0.3) is 0 Å². The van der Waals surface area contributed by atoms with Gasteiger partial charge < -0.3 is 20.3 Å². The fraction of sp³-hybridized carbons (Fsp3) is 0.500. The van der Waals surface area contributed by atoms with E-state index < -0.39 is 0 Å². The normalized spacial score (nSPS) is 12.3. The number of ether oxygens (including phenoxy) is 2. The molecule has 1 rings (SSSR count). The van der Waals surface area contributed by atoms with Crippen LogP contribution in [-0.2, 0) is 0 Å². The van der Waals surface area contributed by atoms with E-state index >= 15 is 0 Å². The second-order valence-electron chi connectivity index (χ2n) is 3.70. The molecular weight excluding hydrogens is 286 g/mol. The SMILES string of the molecule is COc1cc([C@@H](N)CCCO)c(OC)cc1Br. The smallest absolute Gasteiger partial charge is 0.133 e. The third-order valence-electron chi connectivity index (χ3n) is 2.58. The minimum atomic E-state index is -0.168. The Bertz CT molecular complexity index is 371. The van der Waals surface area contributed by atoms with E-state index in [1.807, 2.05) is 12.1 Å². The Morgan fingerprint density at radius 2 is 1.94 bits per heavy atom. The van der Waals surface area contributed by atoms with E-state index in [2.05, 4.69) is 15.9 Å². The van der Waals surface area contributed by atoms with E-state index in [1.54, 1.807) is 14.2 Å². The first-order chi connectivity index (χ1) is 8.13. The molecule has 0 aliphatic carbocycles. The molecule has 0 aromatic heterocycles. The van der Waals surface area contributed by atoms with Gasteiger partial charge in [-0.2, -0.15) is 0 Å². The van der Waals surface area contributed by atoms with Gasteiger partial charge in [0.15, 0.2) is 0 Å². The van der Waals surface area contributed by atoms with E-state index in [1.165, 1.54) is 0 Å². The maximum Gasteiger partial charge on any atom is 0.133 e. The van der Waals surface area contributed by atoms with E-state index in [4.69, 9.17) is 20.3 Å². The predicted molar refractivity (Wildman–Crippen MR) is 70.5 cm³/mol. The van der Waals surface area contributed by atoms with Gasteiger partial charge in [-0.15, -0.1) is 0 Å². The molecule has 0 bridgehead atoms. The van der Waals surface area contributed by atoms with Crippen LogP contribution in [0.25, 0.3) is 0 Å². The molecule has 1 atom stereocenters. The zero-order valence-electron chi connectivity index (χ0n) is 10.1. The monoisotopic (exact) mass is 303 g/mol. The van der Waals surface area contributed by atoms with Crippen molar-refractivity contribution in [2.24, 2.45) is 5.73 Å². The second-order valence-corrected chi connectivity index (χ2v) is 4.56. The summed E-state index contributed by atoms with van der Waals surface area (Å²) in [5, 5.41) is 8.81. The summed E-state index contributed by atoms with van der Waals surface area (Å²) in [5.74, 6) is 1.45. The fourth-order valence-corrected chi connectivity index (χ4v) is 2.12. The van der Waals surface area contributed by atoms with Crippen molar-refractivity contribution in [3.05, 3.63) is 22.2 Å². The Labute approximate surface area is 110 Å². The molecule has 0 spiro atoms. The summed E-state index contributed by atoms with van der Waals surface area (Å²) >= 11 is 3.40. The lowest BCUT2D eigenvalue weighted by Gasteiger charge is -2.17. The minimum Gasteiger partial charge on any atom is -0.496 e. The zero-order valence-corrected chi connectivity index (χ0v) is 11.7. The number of halogens is 1. The molecule has 0 saturated heterocycles. The Morgan fingerprint density at radius 3 is 2.47 bits per heavy atom. The van der Waals surface area contributed by atoms with Crippen molar-refractivity contribution in [3.8, 4) is 11.5 Å². The molecule has 96 valence electrons. The molecule has 0 unspecified atom stereocenters. The molecule has 1 aromatic rings. The van der Waals surface area contributed by atoms with Crippen LogP contribution in [-0.4, -0.2) is 25.9 Å². The predicted octanol–water partition coefficient (Wildman–Crippen LogP) is 2.24. The molecule has 17 heavy (non-hydrogen) atoms. The summed E-state index contributed by atoms with van der Waals surface area (Å²) in [5.41, 5.74) is 6.96. The van der Waals surface area contributed by atoms with Crippen LogP contribution < -0.4 is 15.2 Å². The number of aliphatic hydroxyl groups is 1. The number of benzene rings is 1. The van der Waals surface area contributed by atoms with Gasteiger partial charge >= 0.3 is 0 Å². The molecule has 0 amide bonds. The number of rotatable bonds is 6. The minimum absolute atomic E-state index is 0.143. The molecule has 0 aliphatic rings. The van der Waals surface area contributed by atoms with Gasteiger partial charge in [0.2, 0.25) is 0 Å². The molecule has 0 heterocycles. The number of aliphatic hydroxyl groups excluding tert-OH is 1. The van der Waals surface area contributed by atoms with E-state index in [-0.39, 0.29) is 12.6 Å². The Balaban J connectivity index is 3.02. The highest BCUT2D eigenvalue weighted by Crippen LogP contribution is 2.36. The van der Waals surface area contributed by atoms with Crippen molar-refractivity contribution < 1.29 is 14.6 Å². The summed E-state index contributed by atoms with van der Waals surface area (Å²) in [6.07, 6.45) is 1.38. The highest BCUT2D eigenvalue weighted by Gasteiger charge is 2.15. The van der Waals surface area contributed by atoms with Crippen molar-refractivity contribution in [2.75, 3.05) is 20.8 Å². The quantitative estimate of drug-likeness (QED) is 0.846. The average molecular weight is 304 g/mol. The number of nitrogens with two attached hydrogens (primary N) is 1. The molecule has 0 radical (unpaired) electrons. The van der Waals surface area contributed by atoms with Gasteiger partial charge in [-0.3, -0.25) is 0 Å². The van der Waals surface area contributed by atoms with Crippen LogP contribution in [0.1, 0.15) is 24.4 Å². The van der Waals surface area contributed by atoms with Crippen molar-refractivity contribution in [1.82, 2.24) is 0 Å². The first-order valence-electron chi connectivity index (χ1n) is 5.41. The van der Waals surface area contributed by atoms with E-state index in [9.17, 15) is 0 Å². The van der Waals surface area contributed by atoms with E-state index in [0.29, 0.717) is 12.8 Å². The summed E-state index contributed by atoms with van der Waals surface area (Å²) in [4.78, 5) is 0. The summed E-state index contributed by atoms with van der Waals surface area (Å²) in [6, 6.07) is 3.54. The standard InChI is InChI=1S/C12H18BrNO3/c1-16-11-7-9(13)12(17-2)6-8(11)10(14)4-3-5-15/h6-7,10,15H,3-5,14H2,1-2H3/t10-/m0/s1. The van der Waals surface area contributed by atoms with Crippen LogP contribution in [0.15, 0.2) is 16.6 Å². The molecule has 0 saturated carbocycles. The molecule has 4 nitrogen and oxygen atoms in total. The van der Waals surface area contributed by atoms with Gasteiger partial charge in [0.05, 0.1) is 18.7 Å². The van der Waals surface area contributed by atoms with Crippen molar-refractivity contribution in [2.45, 2.75) is 18.9 Å². The van der Waals surface area contributed by atoms with Crippen molar-refractivity contribution >= 4 is 15.9 Å². The fourth-order valence-electron chi connectivity index (χ4n) is 1.64.